The van der Waals surface area contributed by atoms with E-state index < -0.39 is 14.1 Å². The van der Waals surface area contributed by atoms with E-state index in [0.717, 1.165) is 25.7 Å². The molecule has 224 valence electrons. The number of ether oxygens (including phenoxy) is 2. The molecule has 1 aliphatic carbocycles. The maximum atomic E-state index is 12.6. The normalized spacial score (nSPS) is 22.1. The number of hydrogen-bond acceptors (Lipinski definition) is 10. The van der Waals surface area contributed by atoms with Crippen molar-refractivity contribution in [2.45, 2.75) is 88.9 Å². The fourth-order valence-electron chi connectivity index (χ4n) is 5.38. The Morgan fingerprint density at radius 2 is 1.95 bits per heavy atom. The number of benzene rings is 1. The lowest BCUT2D eigenvalue weighted by Crippen LogP contribution is -2.30. The van der Waals surface area contributed by atoms with Crippen molar-refractivity contribution in [2.75, 3.05) is 18.9 Å². The van der Waals surface area contributed by atoms with E-state index in [-0.39, 0.29) is 36.7 Å². The van der Waals surface area contributed by atoms with Crippen LogP contribution in [0, 0.1) is 11.3 Å². The number of nitrogen functional groups attached to an aromatic ring is 1. The third kappa shape index (κ3) is 7.01. The van der Waals surface area contributed by atoms with Gasteiger partial charge >= 0.3 is 14.5 Å². The fourth-order valence-corrected chi connectivity index (χ4v) is 6.46. The number of fused-ring (bicyclic) bond motifs is 1. The Morgan fingerprint density at radius 3 is 2.67 bits per heavy atom. The molecule has 12 heteroatoms. The number of anilines is 1. The summed E-state index contributed by atoms with van der Waals surface area (Å²) in [5.74, 6) is 0.623. The van der Waals surface area contributed by atoms with E-state index in [2.05, 4.69) is 42.0 Å². The molecule has 1 aromatic carbocycles. The molecule has 2 fully saturated rings. The molecule has 3 unspecified atom stereocenters. The van der Waals surface area contributed by atoms with E-state index >= 15 is 0 Å². The first-order chi connectivity index (χ1) is 20.2. The van der Waals surface area contributed by atoms with Crippen LogP contribution in [0.2, 0.25) is 0 Å². The number of nitrogens with two attached hydrogens (primary N) is 1. The van der Waals surface area contributed by atoms with Gasteiger partial charge in [-0.05, 0) is 73.8 Å². The second kappa shape index (κ2) is 12.9. The van der Waals surface area contributed by atoms with Crippen molar-refractivity contribution < 1.29 is 23.3 Å². The van der Waals surface area contributed by atoms with Gasteiger partial charge in [-0.2, -0.15) is 10.4 Å². The molecule has 3 aromatic rings. The quantitative estimate of drug-likeness (QED) is 0.234. The molecular weight excluding hydrogens is 555 g/mol. The lowest BCUT2D eigenvalue weighted by atomic mass is 9.87. The van der Waals surface area contributed by atoms with E-state index in [1.807, 2.05) is 24.3 Å². The first-order valence-electron chi connectivity index (χ1n) is 14.5. The number of carbonyl (C=O) groups is 1. The van der Waals surface area contributed by atoms with Crippen LogP contribution < -0.4 is 15.3 Å². The molecule has 0 spiro atoms. The van der Waals surface area contributed by atoms with Crippen molar-refractivity contribution in [2.24, 2.45) is 0 Å². The van der Waals surface area contributed by atoms with Crippen LogP contribution in [0.1, 0.15) is 77.0 Å². The van der Waals surface area contributed by atoms with Crippen LogP contribution in [-0.4, -0.2) is 45.9 Å². The number of esters is 1. The van der Waals surface area contributed by atoms with Crippen molar-refractivity contribution in [1.29, 1.82) is 5.26 Å². The van der Waals surface area contributed by atoms with E-state index in [0.29, 0.717) is 35.6 Å². The smallest absolute Gasteiger partial charge is 0.320 e. The summed E-state index contributed by atoms with van der Waals surface area (Å²) >= 11 is 0. The van der Waals surface area contributed by atoms with Gasteiger partial charge in [0.25, 0.3) is 0 Å². The average molecular weight is 595 g/mol. The third-order valence-electron chi connectivity index (χ3n) is 7.75. The first kappa shape index (κ1) is 30.2. The molecular formula is C30H39N6O5P. The predicted octanol–water partition coefficient (Wildman–Crippen LogP) is 5.29. The number of rotatable bonds is 10. The van der Waals surface area contributed by atoms with Crippen molar-refractivity contribution >= 4 is 25.8 Å². The highest BCUT2D eigenvalue weighted by Crippen LogP contribution is 2.42. The van der Waals surface area contributed by atoms with E-state index in [9.17, 15) is 10.1 Å². The van der Waals surface area contributed by atoms with Crippen molar-refractivity contribution in [3.05, 3.63) is 54.0 Å². The van der Waals surface area contributed by atoms with Gasteiger partial charge in [0.05, 0.1) is 18.4 Å². The Bertz CT molecular complexity index is 1410. The summed E-state index contributed by atoms with van der Waals surface area (Å²) in [4.78, 5) is 16.6. The van der Waals surface area contributed by atoms with Gasteiger partial charge in [-0.3, -0.25) is 4.79 Å². The van der Waals surface area contributed by atoms with E-state index in [4.69, 9.17) is 24.3 Å². The molecule has 11 nitrogen and oxygen atoms in total. The minimum Gasteiger partial charge on any atom is -0.461 e. The molecule has 0 bridgehead atoms. The molecule has 0 radical (unpaired) electrons. The molecule has 0 amide bonds. The topological polar surface area (TPSA) is 146 Å². The zero-order valence-electron chi connectivity index (χ0n) is 24.4. The standard InChI is InChI=1S/C30H39N6O5P/c1-29(2,3)21-9-11-23(12-10-21)41-42(35-17-27(37)39-22-7-5-4-6-8-22)38-18-24-15-16-30(19-31,40-24)26-14-13-25-28(32)33-20-34-36(25)26/h9-14,20,22,24,35H,4-8,15-18H2,1-3H3,(H2,32,33,34). The molecule has 3 N–H and O–H groups in total. The summed E-state index contributed by atoms with van der Waals surface area (Å²) < 4.78 is 25.9. The van der Waals surface area contributed by atoms with Crippen LogP contribution in [-0.2, 0) is 29.8 Å². The number of nitrogens with one attached hydrogen (secondary N) is 1. The molecule has 3 heterocycles. The minimum atomic E-state index is -1.72. The van der Waals surface area contributed by atoms with Crippen LogP contribution >= 0.6 is 8.53 Å². The summed E-state index contributed by atoms with van der Waals surface area (Å²) in [5, 5.41) is 17.6. The van der Waals surface area contributed by atoms with Gasteiger partial charge < -0.3 is 24.3 Å². The van der Waals surface area contributed by atoms with Gasteiger partial charge in [-0.15, -0.1) is 0 Å². The monoisotopic (exact) mass is 594 g/mol. The summed E-state index contributed by atoms with van der Waals surface area (Å²) in [6.45, 7) is 6.59. The van der Waals surface area contributed by atoms with Crippen molar-refractivity contribution in [3.63, 3.8) is 0 Å². The second-order valence-corrected chi connectivity index (χ2v) is 13.2. The maximum absolute atomic E-state index is 12.6. The predicted molar refractivity (Wildman–Crippen MR) is 158 cm³/mol. The molecule has 42 heavy (non-hydrogen) atoms. The highest BCUT2D eigenvalue weighted by molar-refractivity contribution is 7.45. The van der Waals surface area contributed by atoms with Crippen molar-refractivity contribution in [1.82, 2.24) is 19.7 Å². The minimum absolute atomic E-state index is 0.0109. The summed E-state index contributed by atoms with van der Waals surface area (Å²) in [6.07, 6.45) is 7.18. The lowest BCUT2D eigenvalue weighted by Gasteiger charge is -2.24. The number of nitriles is 1. The molecule has 2 aromatic heterocycles. The highest BCUT2D eigenvalue weighted by Gasteiger charge is 2.45. The van der Waals surface area contributed by atoms with Gasteiger partial charge in [-0.25, -0.2) is 14.6 Å². The van der Waals surface area contributed by atoms with Crippen LogP contribution in [0.5, 0.6) is 5.75 Å². The summed E-state index contributed by atoms with van der Waals surface area (Å²) in [6, 6.07) is 13.8. The first-order valence-corrected chi connectivity index (χ1v) is 15.7. The van der Waals surface area contributed by atoms with Crippen LogP contribution in [0.25, 0.3) is 5.52 Å². The highest BCUT2D eigenvalue weighted by atomic mass is 31.2. The molecule has 2 aliphatic rings. The Kier molecular flexibility index (Phi) is 9.28. The van der Waals surface area contributed by atoms with E-state index in [1.165, 1.54) is 18.3 Å². The maximum Gasteiger partial charge on any atom is 0.320 e. The number of nitrogens with zero attached hydrogens (tertiary/aromatic N) is 4. The number of carbonyl (C=O) groups excluding carboxylic acids is 1. The number of hydrogen-bond donors (Lipinski definition) is 2. The largest absolute Gasteiger partial charge is 0.461 e. The molecule has 1 aliphatic heterocycles. The molecule has 1 saturated heterocycles. The SMILES string of the molecule is CC(C)(C)c1ccc(OP(NCC(=O)OC2CCCCC2)OCC2CCC(C#N)(c3ccc4c(N)ncnn34)O2)cc1. The molecule has 1 saturated carbocycles. The summed E-state index contributed by atoms with van der Waals surface area (Å²) in [7, 11) is -1.72. The van der Waals surface area contributed by atoms with Crippen molar-refractivity contribution in [3.8, 4) is 11.8 Å². The second-order valence-electron chi connectivity index (χ2n) is 11.9. The average Bonchev–Trinajstić information content (AvgIpc) is 3.61. The molecule has 3 atom stereocenters. The van der Waals surface area contributed by atoms with Gasteiger partial charge in [0, 0.05) is 0 Å². The fraction of sp³-hybridized carbons (Fsp3) is 0.533. The third-order valence-corrected chi connectivity index (χ3v) is 8.93. The summed E-state index contributed by atoms with van der Waals surface area (Å²) in [5.41, 5.74) is 7.19. The van der Waals surface area contributed by atoms with Crippen LogP contribution in [0.3, 0.4) is 0 Å². The van der Waals surface area contributed by atoms with Crippen LogP contribution in [0.15, 0.2) is 42.7 Å². The van der Waals surface area contributed by atoms with Gasteiger partial charge in [0.15, 0.2) is 11.4 Å². The van der Waals surface area contributed by atoms with Gasteiger partial charge in [0.1, 0.15) is 36.3 Å². The zero-order chi connectivity index (χ0) is 29.7. The Balaban J connectivity index is 1.24. The Labute approximate surface area is 247 Å². The van der Waals surface area contributed by atoms with Crippen LogP contribution in [0.4, 0.5) is 5.82 Å². The number of aromatic nitrogens is 3. The molecule has 5 rings (SSSR count). The Hall–Kier alpha value is -3.29. The van der Waals surface area contributed by atoms with Gasteiger partial charge in [-0.1, -0.05) is 39.3 Å². The van der Waals surface area contributed by atoms with E-state index in [1.54, 1.807) is 16.6 Å². The lowest BCUT2D eigenvalue weighted by molar-refractivity contribution is -0.149. The zero-order valence-corrected chi connectivity index (χ0v) is 25.3. The van der Waals surface area contributed by atoms with Gasteiger partial charge in [0.2, 0.25) is 0 Å². The Morgan fingerprint density at radius 1 is 1.19 bits per heavy atom.